The second kappa shape index (κ2) is 11.6. The minimum Gasteiger partial charge on any atom is -0.494 e. The maximum atomic E-state index is 14.9. The predicted octanol–water partition coefficient (Wildman–Crippen LogP) is 8.00. The van der Waals surface area contributed by atoms with Crippen molar-refractivity contribution in [1.82, 2.24) is 0 Å². The lowest BCUT2D eigenvalue weighted by Crippen LogP contribution is -2.21. The highest BCUT2D eigenvalue weighted by Gasteiger charge is 2.27. The molecule has 1 fully saturated rings. The molecule has 0 N–H and O–H groups in total. The van der Waals surface area contributed by atoms with Gasteiger partial charge in [-0.1, -0.05) is 51.2 Å². The normalized spacial score (nSPS) is 18.9. The third kappa shape index (κ3) is 6.03. The van der Waals surface area contributed by atoms with Gasteiger partial charge in [0.15, 0.2) is 11.6 Å². The fraction of sp³-hybridized carbons (Fsp3) is 0.538. The van der Waals surface area contributed by atoms with Gasteiger partial charge in [-0.25, -0.2) is 13.2 Å². The molecule has 0 bridgehead atoms. The maximum Gasteiger partial charge on any atom is 0.167 e. The first kappa shape index (κ1) is 23.6. The van der Waals surface area contributed by atoms with E-state index in [4.69, 9.17) is 9.47 Å². The van der Waals surface area contributed by atoms with Gasteiger partial charge < -0.3 is 9.47 Å². The van der Waals surface area contributed by atoms with Gasteiger partial charge in [0.25, 0.3) is 0 Å². The van der Waals surface area contributed by atoms with E-state index >= 15 is 0 Å². The summed E-state index contributed by atoms with van der Waals surface area (Å²) in [5.74, 6) is -1.79. The molecular weight excluding hydrogens is 401 g/mol. The Morgan fingerprint density at radius 1 is 0.903 bits per heavy atom. The van der Waals surface area contributed by atoms with Gasteiger partial charge in [0.05, 0.1) is 19.3 Å². The van der Waals surface area contributed by atoms with E-state index in [2.05, 4.69) is 6.92 Å². The van der Waals surface area contributed by atoms with Crippen molar-refractivity contribution in [2.45, 2.75) is 71.3 Å². The lowest BCUT2D eigenvalue weighted by molar-refractivity contribution is -0.0218. The van der Waals surface area contributed by atoms with Crippen molar-refractivity contribution in [2.24, 2.45) is 5.92 Å². The Morgan fingerprint density at radius 2 is 1.68 bits per heavy atom. The molecule has 0 spiro atoms. The van der Waals surface area contributed by atoms with Crippen LogP contribution < -0.4 is 4.74 Å². The number of rotatable bonds is 10. The molecule has 1 aliphatic rings. The van der Waals surface area contributed by atoms with Crippen molar-refractivity contribution >= 4 is 0 Å². The molecule has 2 aromatic rings. The minimum absolute atomic E-state index is 0.0131. The van der Waals surface area contributed by atoms with Crippen LogP contribution in [-0.2, 0) is 4.74 Å². The summed E-state index contributed by atoms with van der Waals surface area (Å²) in [6.07, 6.45) is 8.54. The fourth-order valence-corrected chi connectivity index (χ4v) is 4.31. The van der Waals surface area contributed by atoms with Crippen molar-refractivity contribution in [2.75, 3.05) is 13.2 Å². The summed E-state index contributed by atoms with van der Waals surface area (Å²) < 4.78 is 55.3. The molecule has 3 rings (SSSR count). The van der Waals surface area contributed by atoms with Crippen molar-refractivity contribution in [3.63, 3.8) is 0 Å². The van der Waals surface area contributed by atoms with Gasteiger partial charge >= 0.3 is 0 Å². The van der Waals surface area contributed by atoms with Crippen molar-refractivity contribution in [1.29, 1.82) is 0 Å². The number of hydrogen-bond donors (Lipinski definition) is 0. The van der Waals surface area contributed by atoms with Gasteiger partial charge in [-0.05, 0) is 44.2 Å². The molecule has 2 atom stereocenters. The zero-order valence-electron chi connectivity index (χ0n) is 18.6. The number of halogens is 3. The Bertz CT molecular complexity index is 845. The summed E-state index contributed by atoms with van der Waals surface area (Å²) in [6.45, 7) is 4.98. The van der Waals surface area contributed by atoms with Crippen LogP contribution in [0.2, 0.25) is 0 Å². The molecule has 5 heteroatoms. The molecule has 1 aliphatic heterocycles. The SMILES string of the molecule is CCCCCCCC1CCC(c2ccc(-c3ccc(OCC)cc3F)c(F)c2F)OC1. The van der Waals surface area contributed by atoms with Crippen LogP contribution in [0.4, 0.5) is 13.2 Å². The molecule has 2 nitrogen and oxygen atoms in total. The van der Waals surface area contributed by atoms with Gasteiger partial charge in [0.2, 0.25) is 0 Å². The van der Waals surface area contributed by atoms with Crippen LogP contribution in [0, 0.1) is 23.4 Å². The van der Waals surface area contributed by atoms with Crippen molar-refractivity contribution < 1.29 is 22.6 Å². The lowest BCUT2D eigenvalue weighted by Gasteiger charge is -2.30. The van der Waals surface area contributed by atoms with Gasteiger partial charge in [0, 0.05) is 22.8 Å². The summed E-state index contributed by atoms with van der Waals surface area (Å²) in [5.41, 5.74) is 0.135. The number of hydrogen-bond acceptors (Lipinski definition) is 2. The highest BCUT2D eigenvalue weighted by molar-refractivity contribution is 5.66. The third-order valence-electron chi connectivity index (χ3n) is 6.09. The van der Waals surface area contributed by atoms with E-state index in [1.165, 1.54) is 56.4 Å². The van der Waals surface area contributed by atoms with Crippen LogP contribution in [0.3, 0.4) is 0 Å². The standard InChI is InChI=1S/C26H33F3O2/c1-3-5-6-7-8-9-18-10-15-24(31-17-18)22-14-13-21(25(28)26(22)29)20-12-11-19(30-4-2)16-23(20)27/h11-14,16,18,24H,3-10,15,17H2,1-2H3. The summed E-state index contributed by atoms with van der Waals surface area (Å²) in [6, 6.07) is 7.13. The first-order valence-electron chi connectivity index (χ1n) is 11.6. The fourth-order valence-electron chi connectivity index (χ4n) is 4.31. The zero-order chi connectivity index (χ0) is 22.2. The van der Waals surface area contributed by atoms with E-state index in [0.717, 1.165) is 12.8 Å². The Morgan fingerprint density at radius 3 is 2.35 bits per heavy atom. The highest BCUT2D eigenvalue weighted by atomic mass is 19.2. The molecule has 0 aliphatic carbocycles. The lowest BCUT2D eigenvalue weighted by atomic mass is 9.90. The molecule has 0 radical (unpaired) electrons. The van der Waals surface area contributed by atoms with Gasteiger partial charge in [-0.2, -0.15) is 0 Å². The monoisotopic (exact) mass is 434 g/mol. The van der Waals surface area contributed by atoms with Crippen LogP contribution in [0.1, 0.15) is 76.9 Å². The van der Waals surface area contributed by atoms with Gasteiger partial charge in [-0.3, -0.25) is 0 Å². The Labute approximate surface area is 183 Å². The van der Waals surface area contributed by atoms with Gasteiger partial charge in [-0.15, -0.1) is 0 Å². The van der Waals surface area contributed by atoms with E-state index in [-0.39, 0.29) is 16.7 Å². The predicted molar refractivity (Wildman–Crippen MR) is 118 cm³/mol. The Hall–Kier alpha value is -2.01. The van der Waals surface area contributed by atoms with Crippen LogP contribution in [0.5, 0.6) is 5.75 Å². The van der Waals surface area contributed by atoms with Crippen LogP contribution in [0.15, 0.2) is 30.3 Å². The van der Waals surface area contributed by atoms with Gasteiger partial charge in [0.1, 0.15) is 11.6 Å². The zero-order valence-corrected chi connectivity index (χ0v) is 18.6. The average molecular weight is 435 g/mol. The van der Waals surface area contributed by atoms with E-state index in [0.29, 0.717) is 31.3 Å². The Kier molecular flexibility index (Phi) is 8.82. The first-order chi connectivity index (χ1) is 15.0. The molecule has 0 aromatic heterocycles. The highest BCUT2D eigenvalue weighted by Crippen LogP contribution is 2.37. The maximum absolute atomic E-state index is 14.9. The van der Waals surface area contributed by atoms with E-state index in [9.17, 15) is 13.2 Å². The number of ether oxygens (including phenoxy) is 2. The third-order valence-corrected chi connectivity index (χ3v) is 6.09. The second-order valence-electron chi connectivity index (χ2n) is 8.37. The number of benzene rings is 2. The average Bonchev–Trinajstić information content (AvgIpc) is 2.77. The largest absolute Gasteiger partial charge is 0.494 e. The Balaban J connectivity index is 1.64. The molecule has 31 heavy (non-hydrogen) atoms. The minimum atomic E-state index is -1.04. The molecular formula is C26H33F3O2. The number of unbranched alkanes of at least 4 members (excludes halogenated alkanes) is 4. The molecule has 1 heterocycles. The van der Waals surface area contributed by atoms with E-state index < -0.39 is 23.6 Å². The molecule has 1 saturated heterocycles. The first-order valence-corrected chi connectivity index (χ1v) is 11.6. The summed E-state index contributed by atoms with van der Waals surface area (Å²) >= 11 is 0. The summed E-state index contributed by atoms with van der Waals surface area (Å²) in [5, 5.41) is 0. The van der Waals surface area contributed by atoms with Crippen molar-refractivity contribution in [3.05, 3.63) is 53.3 Å². The molecule has 2 unspecified atom stereocenters. The quantitative estimate of drug-likeness (QED) is 0.353. The molecule has 2 aromatic carbocycles. The molecule has 0 amide bonds. The molecule has 0 saturated carbocycles. The smallest absolute Gasteiger partial charge is 0.167 e. The van der Waals surface area contributed by atoms with E-state index in [1.807, 2.05) is 0 Å². The second-order valence-corrected chi connectivity index (χ2v) is 8.37. The van der Waals surface area contributed by atoms with Crippen molar-refractivity contribution in [3.8, 4) is 16.9 Å². The molecule has 170 valence electrons. The topological polar surface area (TPSA) is 18.5 Å². The van der Waals surface area contributed by atoms with Crippen LogP contribution in [0.25, 0.3) is 11.1 Å². The van der Waals surface area contributed by atoms with Crippen LogP contribution >= 0.6 is 0 Å². The van der Waals surface area contributed by atoms with Crippen LogP contribution in [-0.4, -0.2) is 13.2 Å². The summed E-state index contributed by atoms with van der Waals surface area (Å²) in [7, 11) is 0. The van der Waals surface area contributed by atoms with E-state index in [1.54, 1.807) is 13.0 Å². The summed E-state index contributed by atoms with van der Waals surface area (Å²) in [4.78, 5) is 0.